The van der Waals surface area contributed by atoms with E-state index in [0.29, 0.717) is 16.5 Å². The van der Waals surface area contributed by atoms with E-state index in [1.165, 1.54) is 7.11 Å². The van der Waals surface area contributed by atoms with Crippen molar-refractivity contribution >= 4 is 41.5 Å². The molecule has 0 heterocycles. The monoisotopic (exact) mass is 335 g/mol. The topological polar surface area (TPSA) is 93.5 Å². The second-order valence-electron chi connectivity index (χ2n) is 4.15. The van der Waals surface area contributed by atoms with Crippen molar-refractivity contribution in [2.24, 2.45) is 5.73 Å². The molecular formula is C13H19Cl2N3O3. The Morgan fingerprint density at radius 1 is 1.33 bits per heavy atom. The van der Waals surface area contributed by atoms with E-state index >= 15 is 0 Å². The Morgan fingerprint density at radius 3 is 2.57 bits per heavy atom. The van der Waals surface area contributed by atoms with Crippen LogP contribution in [0.4, 0.5) is 5.69 Å². The molecule has 21 heavy (non-hydrogen) atoms. The molecular weight excluding hydrogens is 317 g/mol. The summed E-state index contributed by atoms with van der Waals surface area (Å²) in [4.78, 5) is 22.7. The number of benzene rings is 1. The molecule has 8 heteroatoms. The van der Waals surface area contributed by atoms with Crippen molar-refractivity contribution in [1.29, 1.82) is 0 Å². The zero-order chi connectivity index (χ0) is 15.1. The molecule has 0 bridgehead atoms. The highest BCUT2D eigenvalue weighted by atomic mass is 35.5. The molecule has 0 saturated heterocycles. The maximum Gasteiger partial charge on any atom is 0.233 e. The molecule has 1 aromatic carbocycles. The van der Waals surface area contributed by atoms with Gasteiger partial charge in [0.15, 0.2) is 0 Å². The molecule has 0 unspecified atom stereocenters. The Hall–Kier alpha value is -1.50. The highest BCUT2D eigenvalue weighted by Gasteiger charge is 2.10. The van der Waals surface area contributed by atoms with Gasteiger partial charge in [0.2, 0.25) is 11.8 Å². The van der Waals surface area contributed by atoms with Crippen LogP contribution < -0.4 is 21.1 Å². The number of methoxy groups -OCH3 is 1. The smallest absolute Gasteiger partial charge is 0.233 e. The lowest BCUT2D eigenvalue weighted by Crippen LogP contribution is -2.32. The van der Waals surface area contributed by atoms with E-state index in [1.807, 2.05) is 6.92 Å². The van der Waals surface area contributed by atoms with E-state index in [1.54, 1.807) is 12.1 Å². The average Bonchev–Trinajstić information content (AvgIpc) is 2.42. The van der Waals surface area contributed by atoms with Gasteiger partial charge < -0.3 is 21.1 Å². The lowest BCUT2D eigenvalue weighted by molar-refractivity contribution is -0.120. The molecule has 1 rings (SSSR count). The van der Waals surface area contributed by atoms with Crippen LogP contribution in [-0.2, 0) is 9.59 Å². The van der Waals surface area contributed by atoms with Crippen molar-refractivity contribution in [2.45, 2.75) is 13.3 Å². The molecule has 0 radical (unpaired) electrons. The van der Waals surface area contributed by atoms with Gasteiger partial charge in [-0.2, -0.15) is 0 Å². The van der Waals surface area contributed by atoms with Crippen LogP contribution >= 0.6 is 24.0 Å². The van der Waals surface area contributed by atoms with Gasteiger partial charge in [-0.25, -0.2) is 0 Å². The van der Waals surface area contributed by atoms with E-state index in [-0.39, 0.29) is 43.7 Å². The third-order valence-corrected chi connectivity index (χ3v) is 3.02. The van der Waals surface area contributed by atoms with Crippen LogP contribution in [0.1, 0.15) is 12.0 Å². The number of hydrogen-bond donors (Lipinski definition) is 3. The zero-order valence-corrected chi connectivity index (χ0v) is 13.4. The average molecular weight is 336 g/mol. The number of ether oxygens (including phenoxy) is 1. The Bertz CT molecular complexity index is 510. The van der Waals surface area contributed by atoms with Crippen molar-refractivity contribution in [2.75, 3.05) is 25.5 Å². The number of hydrogen-bond acceptors (Lipinski definition) is 4. The van der Waals surface area contributed by atoms with Crippen LogP contribution in [0, 0.1) is 6.92 Å². The summed E-state index contributed by atoms with van der Waals surface area (Å²) in [5, 5.41) is 5.80. The third kappa shape index (κ3) is 6.20. The molecule has 0 saturated carbocycles. The summed E-state index contributed by atoms with van der Waals surface area (Å²) in [7, 11) is 1.50. The summed E-state index contributed by atoms with van der Waals surface area (Å²) in [6.45, 7) is 1.97. The van der Waals surface area contributed by atoms with E-state index in [2.05, 4.69) is 10.6 Å². The van der Waals surface area contributed by atoms with E-state index in [0.717, 1.165) is 5.56 Å². The number of halogens is 2. The summed E-state index contributed by atoms with van der Waals surface area (Å²) >= 11 is 5.98. The molecule has 1 aromatic rings. The van der Waals surface area contributed by atoms with Crippen LogP contribution in [0.25, 0.3) is 0 Å². The lowest BCUT2D eigenvalue weighted by atomic mass is 10.2. The number of nitrogens with one attached hydrogen (secondary N) is 2. The van der Waals surface area contributed by atoms with E-state index in [9.17, 15) is 9.59 Å². The van der Waals surface area contributed by atoms with Gasteiger partial charge in [0.25, 0.3) is 0 Å². The first-order chi connectivity index (χ1) is 9.47. The minimum atomic E-state index is -0.294. The Morgan fingerprint density at radius 2 is 2.00 bits per heavy atom. The molecule has 0 fully saturated rings. The fourth-order valence-electron chi connectivity index (χ4n) is 1.53. The van der Waals surface area contributed by atoms with Crippen LogP contribution in [0.15, 0.2) is 12.1 Å². The van der Waals surface area contributed by atoms with Gasteiger partial charge in [0.05, 0.1) is 19.3 Å². The molecule has 0 aliphatic heterocycles. The van der Waals surface area contributed by atoms with Gasteiger partial charge in [-0.15, -0.1) is 12.4 Å². The molecule has 6 nitrogen and oxygen atoms in total. The molecule has 4 N–H and O–H groups in total. The maximum atomic E-state index is 11.8. The first-order valence-corrected chi connectivity index (χ1v) is 6.46. The molecule has 2 amide bonds. The Labute approximate surface area is 134 Å². The molecule has 0 spiro atoms. The van der Waals surface area contributed by atoms with Gasteiger partial charge in [-0.05, 0) is 18.6 Å². The number of amides is 2. The molecule has 0 atom stereocenters. The highest BCUT2D eigenvalue weighted by Crippen LogP contribution is 2.30. The number of anilines is 1. The summed E-state index contributed by atoms with van der Waals surface area (Å²) in [6, 6.07) is 3.38. The van der Waals surface area contributed by atoms with Gasteiger partial charge in [-0.1, -0.05) is 11.6 Å². The fraction of sp³-hybridized carbons (Fsp3) is 0.385. The largest absolute Gasteiger partial charge is 0.495 e. The number of carbonyl (C=O) groups is 2. The summed E-state index contributed by atoms with van der Waals surface area (Å²) in [5.41, 5.74) is 6.52. The van der Waals surface area contributed by atoms with Crippen molar-refractivity contribution < 1.29 is 14.3 Å². The number of rotatable bonds is 6. The molecule has 0 aliphatic carbocycles. The minimum Gasteiger partial charge on any atom is -0.495 e. The van der Waals surface area contributed by atoms with Gasteiger partial charge in [-0.3, -0.25) is 9.59 Å². The van der Waals surface area contributed by atoms with Gasteiger partial charge >= 0.3 is 0 Å². The SMILES string of the molecule is COc1cc(Cl)c(C)cc1NC(=O)CCNC(=O)CN.Cl. The maximum absolute atomic E-state index is 11.8. The zero-order valence-electron chi connectivity index (χ0n) is 11.9. The van der Waals surface area contributed by atoms with Crippen molar-refractivity contribution in [1.82, 2.24) is 5.32 Å². The third-order valence-electron chi connectivity index (χ3n) is 2.61. The first kappa shape index (κ1) is 19.5. The Balaban J connectivity index is 0.00000400. The lowest BCUT2D eigenvalue weighted by Gasteiger charge is -2.12. The number of carbonyl (C=O) groups excluding carboxylic acids is 2. The normalized spacial score (nSPS) is 9.52. The molecule has 0 aromatic heterocycles. The van der Waals surface area contributed by atoms with Crippen molar-refractivity contribution in [3.63, 3.8) is 0 Å². The standard InChI is InChI=1S/C13H18ClN3O3.ClH/c1-8-5-10(11(20-2)6-9(8)14)17-12(18)3-4-16-13(19)7-15;/h5-6H,3-4,7,15H2,1-2H3,(H,16,19)(H,17,18);1H. The van der Waals surface area contributed by atoms with E-state index < -0.39 is 0 Å². The van der Waals surface area contributed by atoms with Gasteiger partial charge in [0.1, 0.15) is 5.75 Å². The second-order valence-corrected chi connectivity index (χ2v) is 4.56. The van der Waals surface area contributed by atoms with Crippen LogP contribution in [0.3, 0.4) is 0 Å². The van der Waals surface area contributed by atoms with Crippen LogP contribution in [-0.4, -0.2) is 32.0 Å². The van der Waals surface area contributed by atoms with Crippen molar-refractivity contribution in [3.8, 4) is 5.75 Å². The van der Waals surface area contributed by atoms with Crippen LogP contribution in [0.5, 0.6) is 5.75 Å². The quantitative estimate of drug-likeness (QED) is 0.734. The minimum absolute atomic E-state index is 0. The predicted octanol–water partition coefficient (Wildman–Crippen LogP) is 1.48. The highest BCUT2D eigenvalue weighted by molar-refractivity contribution is 6.31. The fourth-order valence-corrected chi connectivity index (χ4v) is 1.68. The number of nitrogens with two attached hydrogens (primary N) is 1. The van der Waals surface area contributed by atoms with Crippen LogP contribution in [0.2, 0.25) is 5.02 Å². The molecule has 0 aliphatic rings. The summed E-state index contributed by atoms with van der Waals surface area (Å²) < 4.78 is 5.16. The summed E-state index contributed by atoms with van der Waals surface area (Å²) in [6.07, 6.45) is 0.149. The second kappa shape index (κ2) is 9.44. The first-order valence-electron chi connectivity index (χ1n) is 6.08. The Kier molecular flexibility index (Phi) is 8.76. The van der Waals surface area contributed by atoms with E-state index in [4.69, 9.17) is 22.1 Å². The number of aryl methyl sites for hydroxylation is 1. The molecule has 118 valence electrons. The predicted molar refractivity (Wildman–Crippen MR) is 85.3 cm³/mol. The van der Waals surface area contributed by atoms with Gasteiger partial charge in [0, 0.05) is 24.1 Å². The van der Waals surface area contributed by atoms with Crippen molar-refractivity contribution in [3.05, 3.63) is 22.7 Å². The summed E-state index contributed by atoms with van der Waals surface area (Å²) in [5.74, 6) is -0.0417.